The Balaban J connectivity index is 1.97. The van der Waals surface area contributed by atoms with Crippen LogP contribution in [-0.4, -0.2) is 22.6 Å². The fourth-order valence-corrected chi connectivity index (χ4v) is 2.29. The molecule has 0 aliphatic rings. The molecule has 132 valence electrons. The van der Waals surface area contributed by atoms with Crippen molar-refractivity contribution in [2.45, 2.75) is 25.7 Å². The second-order valence-corrected chi connectivity index (χ2v) is 5.48. The smallest absolute Gasteiger partial charge is 0.303 e. The second kappa shape index (κ2) is 9.27. The van der Waals surface area contributed by atoms with E-state index in [1.807, 2.05) is 30.3 Å². The zero-order valence-corrected chi connectivity index (χ0v) is 13.7. The molecule has 0 aliphatic heterocycles. The van der Waals surface area contributed by atoms with Crippen LogP contribution in [0.5, 0.6) is 5.75 Å². The van der Waals surface area contributed by atoms with Gasteiger partial charge in [-0.1, -0.05) is 18.2 Å². The normalized spacial score (nSPS) is 10.2. The number of hydrogen-bond donors (Lipinski definition) is 2. The summed E-state index contributed by atoms with van der Waals surface area (Å²) in [6.07, 6.45) is 2.25. The topological polar surface area (TPSA) is 102 Å². The number of nitrogens with zero attached hydrogens (tertiary/aromatic N) is 1. The third-order valence-electron chi connectivity index (χ3n) is 3.52. The van der Waals surface area contributed by atoms with E-state index in [0.717, 1.165) is 18.5 Å². The quantitative estimate of drug-likeness (QED) is 0.377. The minimum atomic E-state index is -0.798. The summed E-state index contributed by atoms with van der Waals surface area (Å²) in [7, 11) is 0. The summed E-state index contributed by atoms with van der Waals surface area (Å²) in [5, 5.41) is 22.8. The number of hydrogen-bond acceptors (Lipinski definition) is 5. The second-order valence-electron chi connectivity index (χ2n) is 5.48. The van der Waals surface area contributed by atoms with Crippen molar-refractivity contribution in [2.75, 3.05) is 11.9 Å². The van der Waals surface area contributed by atoms with Crippen LogP contribution in [0.4, 0.5) is 17.1 Å². The van der Waals surface area contributed by atoms with Gasteiger partial charge in [-0.3, -0.25) is 14.9 Å². The maximum atomic E-state index is 11.2. The lowest BCUT2D eigenvalue weighted by Crippen LogP contribution is -2.01. The number of nitro groups is 1. The lowest BCUT2D eigenvalue weighted by molar-refractivity contribution is -0.383. The molecule has 25 heavy (non-hydrogen) atoms. The van der Waals surface area contributed by atoms with Gasteiger partial charge < -0.3 is 15.2 Å². The van der Waals surface area contributed by atoms with Crippen molar-refractivity contribution in [2.24, 2.45) is 0 Å². The van der Waals surface area contributed by atoms with Crippen LogP contribution in [0.15, 0.2) is 48.5 Å². The Hall–Kier alpha value is -3.09. The number of carboxylic acid groups (broad SMARTS) is 1. The summed E-state index contributed by atoms with van der Waals surface area (Å²) < 4.78 is 5.62. The molecule has 2 N–H and O–H groups in total. The molecule has 0 amide bonds. The number of rotatable bonds is 10. The van der Waals surface area contributed by atoms with E-state index in [0.29, 0.717) is 24.5 Å². The van der Waals surface area contributed by atoms with E-state index in [4.69, 9.17) is 9.84 Å². The number of nitrogens with one attached hydrogen (secondary N) is 1. The van der Waals surface area contributed by atoms with Crippen molar-refractivity contribution in [1.29, 1.82) is 0 Å². The third kappa shape index (κ3) is 6.14. The van der Waals surface area contributed by atoms with Gasteiger partial charge in [0, 0.05) is 24.2 Å². The molecule has 0 radical (unpaired) electrons. The number of benzene rings is 2. The number of carboxylic acids is 1. The van der Waals surface area contributed by atoms with E-state index in [1.54, 1.807) is 12.1 Å². The average Bonchev–Trinajstić information content (AvgIpc) is 2.58. The predicted molar refractivity (Wildman–Crippen MR) is 94.4 cm³/mol. The molecule has 0 saturated heterocycles. The number of carbonyl (C=O) groups is 1. The number of anilines is 2. The molecule has 0 aliphatic carbocycles. The van der Waals surface area contributed by atoms with Crippen LogP contribution in [0, 0.1) is 10.1 Å². The zero-order valence-electron chi connectivity index (χ0n) is 13.7. The van der Waals surface area contributed by atoms with Crippen molar-refractivity contribution >= 4 is 23.0 Å². The van der Waals surface area contributed by atoms with Gasteiger partial charge in [-0.15, -0.1) is 0 Å². The molecule has 0 unspecified atom stereocenters. The Morgan fingerprint density at radius 1 is 1.12 bits per heavy atom. The van der Waals surface area contributed by atoms with Crippen LogP contribution in [0.2, 0.25) is 0 Å². The van der Waals surface area contributed by atoms with E-state index >= 15 is 0 Å². The van der Waals surface area contributed by atoms with Gasteiger partial charge in [0.2, 0.25) is 0 Å². The van der Waals surface area contributed by atoms with Gasteiger partial charge in [0.25, 0.3) is 5.69 Å². The standard InChI is InChI=1S/C18H20N2O5/c21-18(22)9-5-2-6-12-25-15-10-11-17(20(23)24)16(13-15)19-14-7-3-1-4-8-14/h1,3-4,7-8,10-11,13,19H,2,5-6,9,12H2,(H,21,22). The van der Waals surface area contributed by atoms with Crippen molar-refractivity contribution < 1.29 is 19.6 Å². The minimum absolute atomic E-state index is 0.0299. The summed E-state index contributed by atoms with van der Waals surface area (Å²) in [6.45, 7) is 0.433. The molecule has 7 nitrogen and oxygen atoms in total. The third-order valence-corrected chi connectivity index (χ3v) is 3.52. The lowest BCUT2D eigenvalue weighted by Gasteiger charge is -2.10. The lowest BCUT2D eigenvalue weighted by atomic mass is 10.2. The molecule has 0 aromatic heterocycles. The maximum absolute atomic E-state index is 11.2. The first kappa shape index (κ1) is 18.3. The molecule has 0 atom stereocenters. The van der Waals surface area contributed by atoms with Gasteiger partial charge in [0.1, 0.15) is 11.4 Å². The molecule has 7 heteroatoms. The van der Waals surface area contributed by atoms with Crippen LogP contribution < -0.4 is 10.1 Å². The maximum Gasteiger partial charge on any atom is 0.303 e. The summed E-state index contributed by atoms with van der Waals surface area (Å²) in [5.74, 6) is -0.268. The van der Waals surface area contributed by atoms with E-state index in [1.165, 1.54) is 6.07 Å². The number of unbranched alkanes of at least 4 members (excludes halogenated alkanes) is 2. The zero-order chi connectivity index (χ0) is 18.1. The van der Waals surface area contributed by atoms with Crippen LogP contribution in [0.25, 0.3) is 0 Å². The van der Waals surface area contributed by atoms with E-state index in [2.05, 4.69) is 5.32 Å². The molecule has 2 aromatic rings. The Morgan fingerprint density at radius 3 is 2.56 bits per heavy atom. The first-order valence-electron chi connectivity index (χ1n) is 8.01. The predicted octanol–water partition coefficient (Wildman–Crippen LogP) is 4.36. The number of ether oxygens (including phenoxy) is 1. The number of aliphatic carboxylic acids is 1. The molecular formula is C18H20N2O5. The van der Waals surface area contributed by atoms with Gasteiger partial charge in [0.15, 0.2) is 0 Å². The Morgan fingerprint density at radius 2 is 1.88 bits per heavy atom. The first-order valence-corrected chi connectivity index (χ1v) is 8.01. The van der Waals surface area contributed by atoms with E-state index < -0.39 is 10.9 Å². The van der Waals surface area contributed by atoms with Gasteiger partial charge in [-0.25, -0.2) is 0 Å². The number of nitro benzene ring substituents is 1. The molecular weight excluding hydrogens is 324 g/mol. The summed E-state index contributed by atoms with van der Waals surface area (Å²) in [5.41, 5.74) is 1.08. The summed E-state index contributed by atoms with van der Waals surface area (Å²) >= 11 is 0. The SMILES string of the molecule is O=C(O)CCCCCOc1ccc([N+](=O)[O-])c(Nc2ccccc2)c1. The van der Waals surface area contributed by atoms with Crippen molar-refractivity contribution in [3.8, 4) is 5.75 Å². The molecule has 0 saturated carbocycles. The molecule has 0 heterocycles. The molecule has 0 bridgehead atoms. The van der Waals surface area contributed by atoms with Crippen molar-refractivity contribution in [3.63, 3.8) is 0 Å². The summed E-state index contributed by atoms with van der Waals surface area (Å²) in [6, 6.07) is 13.7. The Bertz CT molecular complexity index is 719. The molecule has 0 spiro atoms. The van der Waals surface area contributed by atoms with Gasteiger partial charge in [-0.05, 0) is 37.5 Å². The Labute approximate surface area is 145 Å². The highest BCUT2D eigenvalue weighted by molar-refractivity contribution is 5.71. The van der Waals surface area contributed by atoms with Crippen LogP contribution in [-0.2, 0) is 4.79 Å². The molecule has 2 rings (SSSR count). The monoisotopic (exact) mass is 344 g/mol. The molecule has 2 aromatic carbocycles. The summed E-state index contributed by atoms with van der Waals surface area (Å²) in [4.78, 5) is 21.2. The first-order chi connectivity index (χ1) is 12.1. The van der Waals surface area contributed by atoms with E-state index in [-0.39, 0.29) is 12.1 Å². The highest BCUT2D eigenvalue weighted by Gasteiger charge is 2.15. The highest BCUT2D eigenvalue weighted by atomic mass is 16.6. The minimum Gasteiger partial charge on any atom is -0.494 e. The van der Waals surface area contributed by atoms with Crippen LogP contribution in [0.3, 0.4) is 0 Å². The average molecular weight is 344 g/mol. The largest absolute Gasteiger partial charge is 0.494 e. The van der Waals surface area contributed by atoms with E-state index in [9.17, 15) is 14.9 Å². The Kier molecular flexibility index (Phi) is 6.76. The van der Waals surface area contributed by atoms with Crippen LogP contribution >= 0.6 is 0 Å². The molecule has 0 fully saturated rings. The fourth-order valence-electron chi connectivity index (χ4n) is 2.29. The number of para-hydroxylation sites is 1. The van der Waals surface area contributed by atoms with Gasteiger partial charge >= 0.3 is 5.97 Å². The van der Waals surface area contributed by atoms with Gasteiger partial charge in [0.05, 0.1) is 11.5 Å². The van der Waals surface area contributed by atoms with Gasteiger partial charge in [-0.2, -0.15) is 0 Å². The van der Waals surface area contributed by atoms with Crippen molar-refractivity contribution in [1.82, 2.24) is 0 Å². The van der Waals surface area contributed by atoms with Crippen molar-refractivity contribution in [3.05, 3.63) is 58.6 Å². The van der Waals surface area contributed by atoms with Crippen LogP contribution in [0.1, 0.15) is 25.7 Å². The fraction of sp³-hybridized carbons (Fsp3) is 0.278. The highest BCUT2D eigenvalue weighted by Crippen LogP contribution is 2.31.